The fourth-order valence-corrected chi connectivity index (χ4v) is 3.12. The number of rotatable bonds is 1. The summed E-state index contributed by atoms with van der Waals surface area (Å²) in [6.07, 6.45) is 0.877. The van der Waals surface area contributed by atoms with Crippen LogP contribution in [0.3, 0.4) is 0 Å². The minimum atomic E-state index is 0.120. The van der Waals surface area contributed by atoms with E-state index >= 15 is 0 Å². The third-order valence-corrected chi connectivity index (χ3v) is 4.43. The van der Waals surface area contributed by atoms with Crippen LogP contribution < -0.4 is 0 Å². The lowest BCUT2D eigenvalue weighted by Gasteiger charge is -2.19. The summed E-state index contributed by atoms with van der Waals surface area (Å²) in [5.41, 5.74) is 5.84. The molecule has 0 saturated heterocycles. The minimum Gasteiger partial charge on any atom is -0.294 e. The summed E-state index contributed by atoms with van der Waals surface area (Å²) in [5.74, 6) is 0.412. The highest BCUT2D eigenvalue weighted by Gasteiger charge is 2.29. The molecule has 0 radical (unpaired) electrons. The average molecular weight is 278 g/mol. The molecule has 0 fully saturated rings. The molecule has 0 aliphatic heterocycles. The van der Waals surface area contributed by atoms with Crippen molar-refractivity contribution in [3.63, 3.8) is 0 Å². The third kappa shape index (κ3) is 2.42. The molecule has 1 aliphatic rings. The van der Waals surface area contributed by atoms with Gasteiger partial charge in [-0.1, -0.05) is 70.2 Å². The number of hydrogen-bond donors (Lipinski definition) is 0. The molecule has 1 nitrogen and oxygen atoms in total. The molecule has 1 atom stereocenters. The lowest BCUT2D eigenvalue weighted by atomic mass is 9.85. The van der Waals surface area contributed by atoms with Gasteiger partial charge in [0, 0.05) is 11.5 Å². The molecule has 2 aromatic rings. The molecule has 2 aromatic carbocycles. The van der Waals surface area contributed by atoms with E-state index in [1.807, 2.05) is 6.92 Å². The van der Waals surface area contributed by atoms with Crippen molar-refractivity contribution >= 4 is 5.78 Å². The van der Waals surface area contributed by atoms with E-state index in [9.17, 15) is 4.79 Å². The molecule has 0 heterocycles. The fourth-order valence-electron chi connectivity index (χ4n) is 3.12. The molecule has 1 heteroatoms. The van der Waals surface area contributed by atoms with Crippen LogP contribution in [0.2, 0.25) is 0 Å². The van der Waals surface area contributed by atoms with Crippen LogP contribution in [-0.2, 0) is 11.8 Å². The predicted octanol–water partition coefficient (Wildman–Crippen LogP) is 5.03. The Labute approximate surface area is 127 Å². The first-order valence-electron chi connectivity index (χ1n) is 7.65. The third-order valence-electron chi connectivity index (χ3n) is 4.43. The van der Waals surface area contributed by atoms with Crippen LogP contribution >= 0.6 is 0 Å². The lowest BCUT2D eigenvalue weighted by molar-refractivity contribution is 0.0947. The van der Waals surface area contributed by atoms with E-state index in [4.69, 9.17) is 0 Å². The molecule has 21 heavy (non-hydrogen) atoms. The molecule has 108 valence electrons. The molecule has 0 saturated carbocycles. The predicted molar refractivity (Wildman–Crippen MR) is 87.8 cm³/mol. The zero-order valence-electron chi connectivity index (χ0n) is 13.2. The van der Waals surface area contributed by atoms with E-state index in [1.165, 1.54) is 11.1 Å². The average Bonchev–Trinajstić information content (AvgIpc) is 2.73. The summed E-state index contributed by atoms with van der Waals surface area (Å²) in [6.45, 7) is 8.67. The smallest absolute Gasteiger partial charge is 0.166 e. The van der Waals surface area contributed by atoms with E-state index < -0.39 is 0 Å². The number of benzene rings is 2. The van der Waals surface area contributed by atoms with E-state index in [0.29, 0.717) is 5.78 Å². The van der Waals surface area contributed by atoms with E-state index in [0.717, 1.165) is 23.1 Å². The summed E-state index contributed by atoms with van der Waals surface area (Å²) in [5, 5.41) is 0. The van der Waals surface area contributed by atoms with Gasteiger partial charge in [-0.05, 0) is 34.1 Å². The van der Waals surface area contributed by atoms with Crippen LogP contribution in [-0.4, -0.2) is 5.78 Å². The number of hydrogen-bond acceptors (Lipinski definition) is 1. The maximum absolute atomic E-state index is 12.4. The summed E-state index contributed by atoms with van der Waals surface area (Å²) < 4.78 is 0. The van der Waals surface area contributed by atoms with Crippen molar-refractivity contribution in [1.82, 2.24) is 0 Å². The van der Waals surface area contributed by atoms with Crippen molar-refractivity contribution in [1.29, 1.82) is 0 Å². The summed E-state index contributed by atoms with van der Waals surface area (Å²) in [7, 11) is 0. The van der Waals surface area contributed by atoms with Gasteiger partial charge in [0.15, 0.2) is 5.78 Å². The van der Waals surface area contributed by atoms with E-state index in [2.05, 4.69) is 63.2 Å². The zero-order valence-corrected chi connectivity index (χ0v) is 13.2. The standard InChI is InChI=1S/C20H22O/c1-13-12-15-6-5-7-17(18(15)19(13)21)14-8-10-16(11-9-14)20(2,3)4/h5-11,13H,12H2,1-4H3. The Hall–Kier alpha value is -1.89. The number of fused-ring (bicyclic) bond motifs is 1. The maximum Gasteiger partial charge on any atom is 0.166 e. The van der Waals surface area contributed by atoms with Crippen LogP contribution in [0.25, 0.3) is 11.1 Å². The fraction of sp³-hybridized carbons (Fsp3) is 0.350. The largest absolute Gasteiger partial charge is 0.294 e. The highest BCUT2D eigenvalue weighted by Crippen LogP contribution is 2.35. The molecule has 0 amide bonds. The molecule has 1 aliphatic carbocycles. The summed E-state index contributed by atoms with van der Waals surface area (Å²) in [4.78, 5) is 12.4. The van der Waals surface area contributed by atoms with Crippen molar-refractivity contribution < 1.29 is 4.79 Å². The maximum atomic E-state index is 12.4. The van der Waals surface area contributed by atoms with Crippen molar-refractivity contribution in [2.75, 3.05) is 0 Å². The number of ketones is 1. The highest BCUT2D eigenvalue weighted by atomic mass is 16.1. The van der Waals surface area contributed by atoms with Gasteiger partial charge in [0.1, 0.15) is 0 Å². The Kier molecular flexibility index (Phi) is 3.24. The van der Waals surface area contributed by atoms with Gasteiger partial charge in [-0.25, -0.2) is 0 Å². The second-order valence-electron chi connectivity index (χ2n) is 7.14. The van der Waals surface area contributed by atoms with Gasteiger partial charge in [0.2, 0.25) is 0 Å². The first-order chi connectivity index (χ1) is 9.88. The zero-order chi connectivity index (χ0) is 15.2. The van der Waals surface area contributed by atoms with Gasteiger partial charge in [-0.15, -0.1) is 0 Å². The van der Waals surface area contributed by atoms with Crippen LogP contribution in [0.5, 0.6) is 0 Å². The highest BCUT2D eigenvalue weighted by molar-refractivity contribution is 6.07. The quantitative estimate of drug-likeness (QED) is 0.715. The molecule has 0 spiro atoms. The Balaban J connectivity index is 2.07. The number of carbonyl (C=O) groups excluding carboxylic acids is 1. The molecule has 0 N–H and O–H groups in total. The Bertz CT molecular complexity index is 687. The number of carbonyl (C=O) groups is 1. The van der Waals surface area contributed by atoms with Gasteiger partial charge in [-0.2, -0.15) is 0 Å². The molecular formula is C20H22O. The van der Waals surface area contributed by atoms with Crippen LogP contribution in [0.1, 0.15) is 49.2 Å². The molecule has 0 bridgehead atoms. The molecular weight excluding hydrogens is 256 g/mol. The van der Waals surface area contributed by atoms with Crippen LogP contribution in [0.4, 0.5) is 0 Å². The number of Topliss-reactive ketones (excluding diaryl/α,β-unsaturated/α-hetero) is 1. The van der Waals surface area contributed by atoms with Crippen LogP contribution in [0, 0.1) is 5.92 Å². The SMILES string of the molecule is CC1Cc2cccc(-c3ccc(C(C)(C)C)cc3)c2C1=O. The Morgan fingerprint density at radius 1 is 1.00 bits per heavy atom. The van der Waals surface area contributed by atoms with Gasteiger partial charge in [0.25, 0.3) is 0 Å². The topological polar surface area (TPSA) is 17.1 Å². The van der Waals surface area contributed by atoms with Crippen molar-refractivity contribution in [3.8, 4) is 11.1 Å². The van der Waals surface area contributed by atoms with Crippen LogP contribution in [0.15, 0.2) is 42.5 Å². The lowest BCUT2D eigenvalue weighted by Crippen LogP contribution is -2.10. The van der Waals surface area contributed by atoms with Crippen molar-refractivity contribution in [2.45, 2.75) is 39.5 Å². The van der Waals surface area contributed by atoms with Gasteiger partial charge >= 0.3 is 0 Å². The monoisotopic (exact) mass is 278 g/mol. The van der Waals surface area contributed by atoms with Crippen molar-refractivity contribution in [3.05, 3.63) is 59.2 Å². The first kappa shape index (κ1) is 14.1. The second kappa shape index (κ2) is 4.84. The van der Waals surface area contributed by atoms with E-state index in [1.54, 1.807) is 0 Å². The Morgan fingerprint density at radius 3 is 2.29 bits per heavy atom. The van der Waals surface area contributed by atoms with Gasteiger partial charge in [0.05, 0.1) is 0 Å². The summed E-state index contributed by atoms with van der Waals surface area (Å²) in [6, 6.07) is 14.9. The first-order valence-corrected chi connectivity index (χ1v) is 7.65. The van der Waals surface area contributed by atoms with Crippen molar-refractivity contribution in [2.24, 2.45) is 5.92 Å². The van der Waals surface area contributed by atoms with Gasteiger partial charge < -0.3 is 0 Å². The Morgan fingerprint density at radius 2 is 1.67 bits per heavy atom. The summed E-state index contributed by atoms with van der Waals surface area (Å²) >= 11 is 0. The molecule has 1 unspecified atom stereocenters. The molecule has 3 rings (SSSR count). The second-order valence-corrected chi connectivity index (χ2v) is 7.14. The van der Waals surface area contributed by atoms with Gasteiger partial charge in [-0.3, -0.25) is 4.79 Å². The molecule has 0 aromatic heterocycles. The van der Waals surface area contributed by atoms with E-state index in [-0.39, 0.29) is 11.3 Å². The normalized spacial score (nSPS) is 17.9. The minimum absolute atomic E-state index is 0.120.